The number of rotatable bonds is 5. The molecule has 2 aliphatic heterocycles. The minimum atomic E-state index is 0.718. The van der Waals surface area contributed by atoms with E-state index in [9.17, 15) is 0 Å². The maximum Gasteiger partial charge on any atom is 0.156 e. The van der Waals surface area contributed by atoms with Gasteiger partial charge in [-0.2, -0.15) is 23.5 Å². The van der Waals surface area contributed by atoms with Crippen LogP contribution >= 0.6 is 35.3 Å². The van der Waals surface area contributed by atoms with Crippen molar-refractivity contribution >= 4 is 40.5 Å². The van der Waals surface area contributed by atoms with E-state index >= 15 is 0 Å². The average Bonchev–Trinajstić information content (AvgIpc) is 2.88. The van der Waals surface area contributed by atoms with Crippen LogP contribution in [0.25, 0.3) is 0 Å². The van der Waals surface area contributed by atoms with E-state index in [1.54, 1.807) is 0 Å². The first-order chi connectivity index (χ1) is 8.83. The molecule has 1 N–H and O–H groups in total. The number of aliphatic imine (C=N–C) groups is 1. The molecule has 18 heavy (non-hydrogen) atoms. The zero-order valence-electron chi connectivity index (χ0n) is 11.4. The van der Waals surface area contributed by atoms with Crippen LogP contribution in [0.15, 0.2) is 4.99 Å². The summed E-state index contributed by atoms with van der Waals surface area (Å²) in [7, 11) is 0. The van der Waals surface area contributed by atoms with Gasteiger partial charge in [0, 0.05) is 34.3 Å². The smallest absolute Gasteiger partial charge is 0.156 e. The van der Waals surface area contributed by atoms with Crippen LogP contribution in [0.2, 0.25) is 0 Å². The molecule has 5 heteroatoms. The molecule has 2 unspecified atom stereocenters. The van der Waals surface area contributed by atoms with Crippen molar-refractivity contribution in [1.29, 1.82) is 0 Å². The van der Waals surface area contributed by atoms with Crippen LogP contribution in [0, 0.1) is 5.92 Å². The highest BCUT2D eigenvalue weighted by atomic mass is 32.2. The first-order valence-corrected chi connectivity index (χ1v) is 10.1. The summed E-state index contributed by atoms with van der Waals surface area (Å²) in [6.07, 6.45) is 2.57. The fourth-order valence-electron chi connectivity index (χ4n) is 2.40. The third-order valence-electron chi connectivity index (χ3n) is 3.62. The van der Waals surface area contributed by atoms with Gasteiger partial charge < -0.3 is 5.32 Å². The highest BCUT2D eigenvalue weighted by Crippen LogP contribution is 2.30. The van der Waals surface area contributed by atoms with E-state index in [0.29, 0.717) is 0 Å². The molecule has 2 nitrogen and oxygen atoms in total. The molecule has 2 atom stereocenters. The van der Waals surface area contributed by atoms with Gasteiger partial charge in [0.25, 0.3) is 0 Å². The third kappa shape index (κ3) is 4.27. The van der Waals surface area contributed by atoms with Gasteiger partial charge >= 0.3 is 0 Å². The molecule has 0 bridgehead atoms. The predicted molar refractivity (Wildman–Crippen MR) is 89.3 cm³/mol. The SMILES string of the molecule is CCC(CC)C1CN=C(NCC2CSCCS2)S1. The molecule has 2 aliphatic rings. The highest BCUT2D eigenvalue weighted by Gasteiger charge is 2.26. The second-order valence-corrected chi connectivity index (χ2v) is 8.61. The first kappa shape index (κ1) is 14.9. The molecule has 0 amide bonds. The summed E-state index contributed by atoms with van der Waals surface area (Å²) >= 11 is 6.19. The molecule has 1 fully saturated rings. The molecule has 104 valence electrons. The molecule has 0 radical (unpaired) electrons. The van der Waals surface area contributed by atoms with E-state index in [1.165, 1.54) is 35.3 Å². The molecule has 0 aliphatic carbocycles. The molecule has 0 saturated carbocycles. The van der Waals surface area contributed by atoms with Gasteiger partial charge in [-0.15, -0.1) is 0 Å². The van der Waals surface area contributed by atoms with Crippen LogP contribution < -0.4 is 5.32 Å². The van der Waals surface area contributed by atoms with Crippen molar-refractivity contribution in [2.45, 2.75) is 37.2 Å². The average molecular weight is 305 g/mol. The lowest BCUT2D eigenvalue weighted by Crippen LogP contribution is -2.31. The number of nitrogens with zero attached hydrogens (tertiary/aromatic N) is 1. The maximum atomic E-state index is 4.67. The Kier molecular flexibility index (Phi) is 6.59. The first-order valence-electron chi connectivity index (χ1n) is 6.97. The van der Waals surface area contributed by atoms with Crippen molar-refractivity contribution in [2.24, 2.45) is 10.9 Å². The Balaban J connectivity index is 1.68. The van der Waals surface area contributed by atoms with Crippen LogP contribution in [0.4, 0.5) is 0 Å². The topological polar surface area (TPSA) is 24.4 Å². The number of hydrogen-bond donors (Lipinski definition) is 1. The molecule has 0 aromatic rings. The van der Waals surface area contributed by atoms with Gasteiger partial charge in [0.15, 0.2) is 5.17 Å². The maximum absolute atomic E-state index is 4.67. The fraction of sp³-hybridized carbons (Fsp3) is 0.923. The Morgan fingerprint density at radius 3 is 2.83 bits per heavy atom. The van der Waals surface area contributed by atoms with Crippen molar-refractivity contribution in [1.82, 2.24) is 5.32 Å². The van der Waals surface area contributed by atoms with Crippen molar-refractivity contribution in [2.75, 3.05) is 30.3 Å². The Morgan fingerprint density at radius 1 is 1.33 bits per heavy atom. The molecule has 0 spiro atoms. The molecule has 2 rings (SSSR count). The number of nitrogens with one attached hydrogen (secondary N) is 1. The monoisotopic (exact) mass is 304 g/mol. The zero-order valence-corrected chi connectivity index (χ0v) is 13.8. The van der Waals surface area contributed by atoms with Crippen LogP contribution in [0.5, 0.6) is 0 Å². The molecule has 0 aromatic heterocycles. The van der Waals surface area contributed by atoms with Crippen molar-refractivity contribution in [3.63, 3.8) is 0 Å². The van der Waals surface area contributed by atoms with Crippen LogP contribution in [0.1, 0.15) is 26.7 Å². The van der Waals surface area contributed by atoms with Crippen LogP contribution in [-0.2, 0) is 0 Å². The Labute approximate surface area is 124 Å². The van der Waals surface area contributed by atoms with Crippen LogP contribution in [0.3, 0.4) is 0 Å². The fourth-order valence-corrected chi connectivity index (χ4v) is 6.34. The van der Waals surface area contributed by atoms with Gasteiger partial charge in [0.2, 0.25) is 0 Å². The highest BCUT2D eigenvalue weighted by molar-refractivity contribution is 8.14. The normalized spacial score (nSPS) is 28.5. The largest absolute Gasteiger partial charge is 0.364 e. The lowest BCUT2D eigenvalue weighted by Gasteiger charge is -2.22. The summed E-state index contributed by atoms with van der Waals surface area (Å²) in [4.78, 5) is 4.67. The summed E-state index contributed by atoms with van der Waals surface area (Å²) in [6, 6.07) is 0. The van der Waals surface area contributed by atoms with Gasteiger partial charge in [-0.1, -0.05) is 38.5 Å². The lowest BCUT2D eigenvalue weighted by atomic mass is 9.99. The number of hydrogen-bond acceptors (Lipinski definition) is 5. The second kappa shape index (κ2) is 7.95. The van der Waals surface area contributed by atoms with Gasteiger partial charge in [-0.25, -0.2) is 0 Å². The number of thioether (sulfide) groups is 3. The summed E-state index contributed by atoms with van der Waals surface area (Å²) < 4.78 is 0. The van der Waals surface area contributed by atoms with E-state index in [1.807, 2.05) is 11.8 Å². The quantitative estimate of drug-likeness (QED) is 0.842. The van der Waals surface area contributed by atoms with Gasteiger partial charge in [0.1, 0.15) is 0 Å². The van der Waals surface area contributed by atoms with Crippen molar-refractivity contribution in [3.8, 4) is 0 Å². The van der Waals surface area contributed by atoms with E-state index in [-0.39, 0.29) is 0 Å². The molecule has 2 heterocycles. The van der Waals surface area contributed by atoms with Gasteiger partial charge in [-0.05, 0) is 5.92 Å². The van der Waals surface area contributed by atoms with Crippen molar-refractivity contribution in [3.05, 3.63) is 0 Å². The molecular formula is C13H24N2S3. The Hall–Kier alpha value is 0.520. The van der Waals surface area contributed by atoms with E-state index in [4.69, 9.17) is 0 Å². The molecular weight excluding hydrogens is 280 g/mol. The van der Waals surface area contributed by atoms with Crippen molar-refractivity contribution < 1.29 is 0 Å². The van der Waals surface area contributed by atoms with E-state index < -0.39 is 0 Å². The third-order valence-corrected chi connectivity index (χ3v) is 7.80. The standard InChI is InChI=1S/C13H24N2S3/c1-3-10(4-2)12-8-15-13(18-12)14-7-11-9-16-5-6-17-11/h10-12H,3-9H2,1-2H3,(H,14,15). The van der Waals surface area contributed by atoms with Gasteiger partial charge in [-0.3, -0.25) is 4.99 Å². The zero-order chi connectivity index (χ0) is 12.8. The summed E-state index contributed by atoms with van der Waals surface area (Å²) in [5.74, 6) is 4.77. The number of amidine groups is 1. The van der Waals surface area contributed by atoms with Gasteiger partial charge in [0.05, 0.1) is 6.54 Å². The van der Waals surface area contributed by atoms with E-state index in [0.717, 1.165) is 29.5 Å². The Bertz CT molecular complexity index is 273. The summed E-state index contributed by atoms with van der Waals surface area (Å²) in [5.41, 5.74) is 0. The molecule has 0 aromatic carbocycles. The summed E-state index contributed by atoms with van der Waals surface area (Å²) in [5, 5.41) is 6.26. The predicted octanol–water partition coefficient (Wildman–Crippen LogP) is 3.33. The minimum absolute atomic E-state index is 0.718. The van der Waals surface area contributed by atoms with Crippen LogP contribution in [-0.4, -0.2) is 46.0 Å². The summed E-state index contributed by atoms with van der Waals surface area (Å²) in [6.45, 7) is 6.72. The Morgan fingerprint density at radius 2 is 2.17 bits per heavy atom. The molecule has 1 saturated heterocycles. The second-order valence-electron chi connectivity index (χ2n) is 4.83. The van der Waals surface area contributed by atoms with E-state index in [2.05, 4.69) is 47.7 Å². The lowest BCUT2D eigenvalue weighted by molar-refractivity contribution is 0.479. The minimum Gasteiger partial charge on any atom is -0.364 e.